The highest BCUT2D eigenvalue weighted by atomic mass is 32.2. The molecule has 90 valence electrons. The van der Waals surface area contributed by atoms with Crippen LogP contribution in [0.25, 0.3) is 0 Å². The quantitative estimate of drug-likeness (QED) is 0.823. The van der Waals surface area contributed by atoms with Crippen molar-refractivity contribution in [3.05, 3.63) is 5.82 Å². The summed E-state index contributed by atoms with van der Waals surface area (Å²) in [6, 6.07) is 0.736. The molecule has 16 heavy (non-hydrogen) atoms. The minimum atomic E-state index is 0.736. The Labute approximate surface area is 106 Å². The highest BCUT2D eigenvalue weighted by molar-refractivity contribution is 8.00. The van der Waals surface area contributed by atoms with E-state index in [9.17, 15) is 0 Å². The van der Waals surface area contributed by atoms with E-state index < -0.39 is 0 Å². The van der Waals surface area contributed by atoms with Gasteiger partial charge < -0.3 is 5.32 Å². The maximum Gasteiger partial charge on any atom is 0.170 e. The van der Waals surface area contributed by atoms with E-state index in [0.717, 1.165) is 28.4 Å². The number of nitrogens with one attached hydrogen (secondary N) is 1. The van der Waals surface area contributed by atoms with Crippen molar-refractivity contribution < 1.29 is 0 Å². The van der Waals surface area contributed by atoms with Crippen molar-refractivity contribution in [1.29, 1.82) is 0 Å². The summed E-state index contributed by atoms with van der Waals surface area (Å²) < 4.78 is 5.43. The summed E-state index contributed by atoms with van der Waals surface area (Å²) in [5, 5.41) is 3.58. The van der Waals surface area contributed by atoms with Gasteiger partial charge in [-0.2, -0.15) is 4.37 Å². The molecule has 1 aromatic rings. The number of thioether (sulfide) groups is 1. The van der Waals surface area contributed by atoms with E-state index in [0.29, 0.717) is 0 Å². The van der Waals surface area contributed by atoms with E-state index in [1.807, 2.05) is 11.8 Å². The molecule has 1 aliphatic rings. The van der Waals surface area contributed by atoms with Crippen LogP contribution in [0.1, 0.15) is 38.4 Å². The molecule has 0 aliphatic carbocycles. The second-order valence-corrected chi connectivity index (χ2v) is 6.21. The minimum absolute atomic E-state index is 0.736. The van der Waals surface area contributed by atoms with Crippen LogP contribution >= 0.6 is 23.3 Å². The molecule has 0 spiro atoms. The summed E-state index contributed by atoms with van der Waals surface area (Å²) in [6.07, 6.45) is 6.28. The van der Waals surface area contributed by atoms with Gasteiger partial charge >= 0.3 is 0 Å². The molecule has 0 saturated carbocycles. The Morgan fingerprint density at radius 2 is 2.44 bits per heavy atom. The van der Waals surface area contributed by atoms with Gasteiger partial charge in [-0.3, -0.25) is 0 Å². The largest absolute Gasteiger partial charge is 0.314 e. The second-order valence-electron chi connectivity index (χ2n) is 4.11. The fourth-order valence-corrected chi connectivity index (χ4v) is 3.72. The summed E-state index contributed by atoms with van der Waals surface area (Å²) in [4.78, 5) is 4.46. The first-order valence-electron chi connectivity index (χ1n) is 6.07. The predicted molar refractivity (Wildman–Crippen MR) is 70.3 cm³/mol. The van der Waals surface area contributed by atoms with Crippen LogP contribution in [0.3, 0.4) is 0 Å². The molecule has 0 radical (unpaired) electrons. The van der Waals surface area contributed by atoms with Crippen LogP contribution in [0.2, 0.25) is 0 Å². The lowest BCUT2D eigenvalue weighted by molar-refractivity contribution is 0.395. The summed E-state index contributed by atoms with van der Waals surface area (Å²) in [5.41, 5.74) is 0. The monoisotopic (exact) mass is 257 g/mol. The molecular formula is C11H19N3S2. The molecule has 1 fully saturated rings. The van der Waals surface area contributed by atoms with Crippen LogP contribution in [-0.4, -0.2) is 27.7 Å². The van der Waals surface area contributed by atoms with Gasteiger partial charge in [0.1, 0.15) is 5.82 Å². The Hall–Kier alpha value is -0.130. The Balaban J connectivity index is 1.66. The first kappa shape index (κ1) is 12.3. The van der Waals surface area contributed by atoms with Crippen molar-refractivity contribution in [2.24, 2.45) is 0 Å². The van der Waals surface area contributed by atoms with E-state index in [1.54, 1.807) is 11.5 Å². The highest BCUT2D eigenvalue weighted by Gasteiger charge is 2.12. The minimum Gasteiger partial charge on any atom is -0.314 e. The van der Waals surface area contributed by atoms with Gasteiger partial charge in [-0.05, 0) is 37.3 Å². The molecule has 2 heterocycles. The van der Waals surface area contributed by atoms with E-state index in [4.69, 9.17) is 0 Å². The number of hydrogen-bond acceptors (Lipinski definition) is 5. The van der Waals surface area contributed by atoms with Gasteiger partial charge in [0.25, 0.3) is 0 Å². The Bertz CT molecular complexity index is 308. The van der Waals surface area contributed by atoms with Gasteiger partial charge in [-0.15, -0.1) is 0 Å². The van der Waals surface area contributed by atoms with Gasteiger partial charge in [-0.1, -0.05) is 25.1 Å². The molecule has 1 aromatic heterocycles. The predicted octanol–water partition coefficient (Wildman–Crippen LogP) is 2.72. The Morgan fingerprint density at radius 1 is 1.50 bits per heavy atom. The van der Waals surface area contributed by atoms with E-state index >= 15 is 0 Å². The first-order valence-corrected chi connectivity index (χ1v) is 7.83. The van der Waals surface area contributed by atoms with E-state index in [2.05, 4.69) is 21.6 Å². The van der Waals surface area contributed by atoms with Crippen molar-refractivity contribution in [1.82, 2.24) is 14.7 Å². The third kappa shape index (κ3) is 3.71. The van der Waals surface area contributed by atoms with Crippen molar-refractivity contribution in [3.63, 3.8) is 0 Å². The summed E-state index contributed by atoms with van der Waals surface area (Å²) in [5.74, 6) is 2.15. The van der Waals surface area contributed by atoms with Gasteiger partial charge in [-0.25, -0.2) is 4.98 Å². The molecule has 2 rings (SSSR count). The standard InChI is InChI=1S/C11H19N3S2/c1-2-10-13-11(16-14-10)15-8-6-9-5-3-4-7-12-9/h9,12H,2-8H2,1H3. The van der Waals surface area contributed by atoms with E-state index in [-0.39, 0.29) is 0 Å². The average molecular weight is 257 g/mol. The summed E-state index contributed by atoms with van der Waals surface area (Å²) >= 11 is 3.40. The van der Waals surface area contributed by atoms with Crippen molar-refractivity contribution >= 4 is 23.3 Å². The average Bonchev–Trinajstić information content (AvgIpc) is 2.78. The zero-order valence-corrected chi connectivity index (χ0v) is 11.4. The molecule has 0 amide bonds. The fourth-order valence-electron chi connectivity index (χ4n) is 1.90. The van der Waals surface area contributed by atoms with Crippen LogP contribution < -0.4 is 5.32 Å². The first-order chi connectivity index (χ1) is 7.88. The highest BCUT2D eigenvalue weighted by Crippen LogP contribution is 2.22. The summed E-state index contributed by atoms with van der Waals surface area (Å²) in [6.45, 7) is 3.30. The number of rotatable bonds is 5. The van der Waals surface area contributed by atoms with Gasteiger partial charge in [0.15, 0.2) is 4.34 Å². The molecule has 3 nitrogen and oxygen atoms in total. The molecule has 1 aliphatic heterocycles. The third-order valence-electron chi connectivity index (χ3n) is 2.87. The van der Waals surface area contributed by atoms with Gasteiger partial charge in [0.05, 0.1) is 0 Å². The van der Waals surface area contributed by atoms with Crippen LogP contribution in [0, 0.1) is 0 Å². The number of hydrogen-bond donors (Lipinski definition) is 1. The lowest BCUT2D eigenvalue weighted by Crippen LogP contribution is -2.34. The molecule has 1 N–H and O–H groups in total. The van der Waals surface area contributed by atoms with Gasteiger partial charge in [0.2, 0.25) is 0 Å². The molecule has 5 heteroatoms. The third-order valence-corrected chi connectivity index (χ3v) is 4.77. The van der Waals surface area contributed by atoms with Crippen molar-refractivity contribution in [2.45, 2.75) is 49.4 Å². The maximum absolute atomic E-state index is 4.46. The molecule has 0 aromatic carbocycles. The maximum atomic E-state index is 4.46. The van der Waals surface area contributed by atoms with Gasteiger partial charge in [0, 0.05) is 18.2 Å². The number of piperidine rings is 1. The number of aromatic nitrogens is 2. The zero-order chi connectivity index (χ0) is 11.2. The van der Waals surface area contributed by atoms with Crippen LogP contribution in [0.4, 0.5) is 0 Å². The molecule has 1 saturated heterocycles. The number of aryl methyl sites for hydroxylation is 1. The van der Waals surface area contributed by atoms with Crippen molar-refractivity contribution in [3.8, 4) is 0 Å². The smallest absolute Gasteiger partial charge is 0.170 e. The SMILES string of the molecule is CCc1nsc(SCCC2CCCCN2)n1. The van der Waals surface area contributed by atoms with Crippen molar-refractivity contribution in [2.75, 3.05) is 12.3 Å². The zero-order valence-electron chi connectivity index (χ0n) is 9.74. The van der Waals surface area contributed by atoms with E-state index in [1.165, 1.54) is 32.2 Å². The molecule has 0 bridgehead atoms. The molecular weight excluding hydrogens is 238 g/mol. The van der Waals surface area contributed by atoms with Crippen LogP contribution in [-0.2, 0) is 6.42 Å². The number of nitrogens with zero attached hydrogens (tertiary/aromatic N) is 2. The van der Waals surface area contributed by atoms with Crippen LogP contribution in [0.15, 0.2) is 4.34 Å². The Morgan fingerprint density at radius 3 is 3.12 bits per heavy atom. The lowest BCUT2D eigenvalue weighted by atomic mass is 10.0. The Kier molecular flexibility index (Phi) is 5.06. The topological polar surface area (TPSA) is 37.8 Å². The molecule has 1 unspecified atom stereocenters. The second kappa shape index (κ2) is 6.57. The normalized spacial score (nSPS) is 21.2. The fraction of sp³-hybridized carbons (Fsp3) is 0.818. The molecule has 1 atom stereocenters. The summed E-state index contributed by atoms with van der Waals surface area (Å²) in [7, 11) is 0. The van der Waals surface area contributed by atoms with Crippen LogP contribution in [0.5, 0.6) is 0 Å². The lowest BCUT2D eigenvalue weighted by Gasteiger charge is -2.22.